The summed E-state index contributed by atoms with van der Waals surface area (Å²) in [5.41, 5.74) is 5.90. The highest BCUT2D eigenvalue weighted by molar-refractivity contribution is 7.98. The van der Waals surface area contributed by atoms with Gasteiger partial charge in [0.2, 0.25) is 0 Å². The van der Waals surface area contributed by atoms with E-state index in [0.29, 0.717) is 11.0 Å². The van der Waals surface area contributed by atoms with E-state index in [-0.39, 0.29) is 0 Å². The van der Waals surface area contributed by atoms with Gasteiger partial charge in [0.1, 0.15) is 17.5 Å². The molecule has 0 radical (unpaired) electrons. The van der Waals surface area contributed by atoms with Crippen molar-refractivity contribution < 1.29 is 9.15 Å². The Balaban J connectivity index is 1.27. The Hall–Kier alpha value is -2.95. The summed E-state index contributed by atoms with van der Waals surface area (Å²) in [6, 6.07) is 7.77. The number of rotatable bonds is 6. The highest BCUT2D eigenvalue weighted by Crippen LogP contribution is 2.29. The third-order valence-electron chi connectivity index (χ3n) is 6.33. The molecule has 170 valence electrons. The lowest BCUT2D eigenvalue weighted by atomic mass is 10.2. The first-order chi connectivity index (χ1) is 16.2. The van der Waals surface area contributed by atoms with E-state index in [2.05, 4.69) is 33.4 Å². The largest absolute Gasteiger partial charge is 0.431 e. The molecular formula is C23H25N7O2S. The van der Waals surface area contributed by atoms with Crippen molar-refractivity contribution >= 4 is 39.5 Å². The van der Waals surface area contributed by atoms with E-state index in [1.807, 2.05) is 24.3 Å². The lowest BCUT2D eigenvalue weighted by molar-refractivity contribution is 0.0364. The molecule has 0 amide bonds. The molecule has 1 aromatic carbocycles. The number of ether oxygens (including phenoxy) is 1. The predicted octanol–water partition coefficient (Wildman–Crippen LogP) is 3.46. The van der Waals surface area contributed by atoms with Gasteiger partial charge in [-0.1, -0.05) is 23.9 Å². The van der Waals surface area contributed by atoms with Gasteiger partial charge >= 0.3 is 0 Å². The van der Waals surface area contributed by atoms with Crippen LogP contribution in [0.1, 0.15) is 17.1 Å². The molecule has 0 N–H and O–H groups in total. The molecule has 0 atom stereocenters. The maximum atomic E-state index is 5.81. The van der Waals surface area contributed by atoms with Crippen LogP contribution in [0.15, 0.2) is 40.2 Å². The molecule has 5 heterocycles. The zero-order valence-electron chi connectivity index (χ0n) is 18.7. The molecule has 1 fully saturated rings. The maximum Gasteiger partial charge on any atom is 0.257 e. The fourth-order valence-corrected chi connectivity index (χ4v) is 5.10. The number of fused-ring (bicyclic) bond motifs is 4. The second-order valence-corrected chi connectivity index (χ2v) is 9.22. The molecule has 0 spiro atoms. The van der Waals surface area contributed by atoms with Gasteiger partial charge < -0.3 is 13.7 Å². The minimum absolute atomic E-state index is 0.575. The van der Waals surface area contributed by atoms with Crippen molar-refractivity contribution in [3.8, 4) is 0 Å². The van der Waals surface area contributed by atoms with Crippen LogP contribution in [0.4, 0.5) is 0 Å². The van der Waals surface area contributed by atoms with E-state index >= 15 is 0 Å². The molecule has 9 nitrogen and oxygen atoms in total. The SMILES string of the molecule is Cc1c(C)n(CCN2CCOCC2)c2ncn3nc(CSc4nc5ccccc5o4)nc3c12. The molecule has 0 bridgehead atoms. The van der Waals surface area contributed by atoms with Crippen LogP contribution in [0, 0.1) is 13.8 Å². The fraction of sp³-hybridized carbons (Fsp3) is 0.391. The number of thioether (sulfide) groups is 1. The van der Waals surface area contributed by atoms with Crippen molar-refractivity contribution in [2.45, 2.75) is 31.4 Å². The summed E-state index contributed by atoms with van der Waals surface area (Å²) in [6.07, 6.45) is 1.77. The Morgan fingerprint density at radius 1 is 1.03 bits per heavy atom. The second kappa shape index (κ2) is 8.44. The zero-order chi connectivity index (χ0) is 22.4. The van der Waals surface area contributed by atoms with E-state index in [0.717, 1.165) is 73.0 Å². The average molecular weight is 464 g/mol. The molecule has 33 heavy (non-hydrogen) atoms. The molecule has 4 aromatic heterocycles. The number of morpholine rings is 1. The van der Waals surface area contributed by atoms with E-state index in [4.69, 9.17) is 19.1 Å². The molecule has 10 heteroatoms. The van der Waals surface area contributed by atoms with Crippen LogP contribution >= 0.6 is 11.8 Å². The number of nitrogens with zero attached hydrogens (tertiary/aromatic N) is 7. The van der Waals surface area contributed by atoms with Crippen LogP contribution in [-0.2, 0) is 17.0 Å². The Bertz CT molecular complexity index is 1410. The van der Waals surface area contributed by atoms with Crippen molar-refractivity contribution in [3.05, 3.63) is 47.7 Å². The lowest BCUT2D eigenvalue weighted by Crippen LogP contribution is -2.38. The lowest BCUT2D eigenvalue weighted by Gasteiger charge is -2.26. The fourth-order valence-electron chi connectivity index (χ4n) is 4.41. The Morgan fingerprint density at radius 3 is 2.73 bits per heavy atom. The summed E-state index contributed by atoms with van der Waals surface area (Å²) in [5, 5.41) is 6.35. The summed E-state index contributed by atoms with van der Waals surface area (Å²) in [5.74, 6) is 1.31. The predicted molar refractivity (Wildman–Crippen MR) is 127 cm³/mol. The molecule has 6 rings (SSSR count). The van der Waals surface area contributed by atoms with Crippen molar-refractivity contribution in [3.63, 3.8) is 0 Å². The van der Waals surface area contributed by atoms with E-state index in [9.17, 15) is 0 Å². The van der Waals surface area contributed by atoms with Crippen molar-refractivity contribution in [1.29, 1.82) is 0 Å². The number of aryl methyl sites for hydroxylation is 1. The summed E-state index contributed by atoms with van der Waals surface area (Å²) in [7, 11) is 0. The van der Waals surface area contributed by atoms with Gasteiger partial charge in [-0.05, 0) is 31.5 Å². The van der Waals surface area contributed by atoms with Crippen LogP contribution in [0.3, 0.4) is 0 Å². The van der Waals surface area contributed by atoms with Gasteiger partial charge in [-0.25, -0.2) is 19.5 Å². The summed E-state index contributed by atoms with van der Waals surface area (Å²) >= 11 is 1.50. The third kappa shape index (κ3) is 3.77. The number of hydrogen-bond donors (Lipinski definition) is 0. The minimum Gasteiger partial charge on any atom is -0.431 e. The van der Waals surface area contributed by atoms with Crippen LogP contribution < -0.4 is 0 Å². The molecule has 5 aromatic rings. The topological polar surface area (TPSA) is 86.5 Å². The zero-order valence-corrected chi connectivity index (χ0v) is 19.5. The number of benzene rings is 1. The van der Waals surface area contributed by atoms with Crippen molar-refractivity contribution in [1.82, 2.24) is 34.0 Å². The smallest absolute Gasteiger partial charge is 0.257 e. The molecular weight excluding hydrogens is 438 g/mol. The van der Waals surface area contributed by atoms with Gasteiger partial charge in [0.05, 0.1) is 24.4 Å². The Morgan fingerprint density at radius 2 is 1.88 bits per heavy atom. The molecule has 0 saturated carbocycles. The highest BCUT2D eigenvalue weighted by atomic mass is 32.2. The third-order valence-corrected chi connectivity index (χ3v) is 7.16. The van der Waals surface area contributed by atoms with Gasteiger partial charge in [-0.3, -0.25) is 4.90 Å². The second-order valence-electron chi connectivity index (χ2n) is 8.29. The van der Waals surface area contributed by atoms with E-state index < -0.39 is 0 Å². The first kappa shape index (κ1) is 20.6. The monoisotopic (exact) mass is 463 g/mol. The number of para-hydroxylation sites is 2. The van der Waals surface area contributed by atoms with Crippen LogP contribution in [0.5, 0.6) is 0 Å². The number of hydrogen-bond acceptors (Lipinski definition) is 8. The van der Waals surface area contributed by atoms with Crippen LogP contribution in [-0.4, -0.2) is 66.9 Å². The first-order valence-electron chi connectivity index (χ1n) is 11.2. The quantitative estimate of drug-likeness (QED) is 0.354. The Kier molecular flexibility index (Phi) is 5.28. The van der Waals surface area contributed by atoms with Gasteiger partial charge in [-0.2, -0.15) is 0 Å². The minimum atomic E-state index is 0.575. The summed E-state index contributed by atoms with van der Waals surface area (Å²) in [6.45, 7) is 9.79. The summed E-state index contributed by atoms with van der Waals surface area (Å²) in [4.78, 5) is 16.6. The highest BCUT2D eigenvalue weighted by Gasteiger charge is 2.19. The number of aromatic nitrogens is 6. The van der Waals surface area contributed by atoms with Gasteiger partial charge in [0.25, 0.3) is 5.22 Å². The van der Waals surface area contributed by atoms with Crippen molar-refractivity contribution in [2.24, 2.45) is 0 Å². The molecule has 1 aliphatic heterocycles. The summed E-state index contributed by atoms with van der Waals surface area (Å²) < 4.78 is 15.4. The molecule has 1 saturated heterocycles. The standard InChI is InChI=1S/C23H25N7O2S/c1-15-16(2)29(8-7-28-9-11-31-12-10-28)21-20(15)22-26-19(27-30(22)14-24-21)13-33-23-25-17-5-3-4-6-18(17)32-23/h3-6,14H,7-13H2,1-2H3. The first-order valence-corrected chi connectivity index (χ1v) is 12.1. The normalized spacial score (nSPS) is 15.3. The molecule has 0 unspecified atom stereocenters. The van der Waals surface area contributed by atoms with E-state index in [1.165, 1.54) is 23.0 Å². The molecule has 0 aliphatic carbocycles. The van der Waals surface area contributed by atoms with E-state index in [1.54, 1.807) is 10.8 Å². The van der Waals surface area contributed by atoms with Gasteiger partial charge in [-0.15, -0.1) is 5.10 Å². The van der Waals surface area contributed by atoms with Gasteiger partial charge in [0.15, 0.2) is 17.1 Å². The Labute approximate surface area is 194 Å². The van der Waals surface area contributed by atoms with Crippen molar-refractivity contribution in [2.75, 3.05) is 32.8 Å². The van der Waals surface area contributed by atoms with Crippen LogP contribution in [0.2, 0.25) is 0 Å². The molecule has 1 aliphatic rings. The van der Waals surface area contributed by atoms with Crippen LogP contribution in [0.25, 0.3) is 27.8 Å². The van der Waals surface area contributed by atoms with Gasteiger partial charge in [0, 0.05) is 31.9 Å². The number of oxazole rings is 1. The average Bonchev–Trinajstić information content (AvgIpc) is 3.51. The maximum absolute atomic E-state index is 5.81.